The van der Waals surface area contributed by atoms with Crippen molar-refractivity contribution in [3.8, 4) is 28.8 Å². The maximum absolute atomic E-state index is 10.7. The van der Waals surface area contributed by atoms with Gasteiger partial charge in [-0.15, -0.1) is 0 Å². The predicted octanol–water partition coefficient (Wildman–Crippen LogP) is 6.94. The lowest BCUT2D eigenvalue weighted by Crippen LogP contribution is -2.16. The highest BCUT2D eigenvalue weighted by atomic mass is 31.1. The van der Waals surface area contributed by atoms with Gasteiger partial charge in [0, 0.05) is 27.3 Å². The highest BCUT2D eigenvalue weighted by Crippen LogP contribution is 2.37. The first kappa shape index (κ1) is 28.4. The molecule has 6 nitrogen and oxygen atoms in total. The molecule has 6 aromatic rings. The molecule has 210 valence electrons. The highest BCUT2D eigenvalue weighted by Gasteiger charge is 2.22. The average molecular weight is 587 g/mol. The van der Waals surface area contributed by atoms with Crippen LogP contribution in [0.15, 0.2) is 162 Å². The van der Waals surface area contributed by atoms with Crippen molar-refractivity contribution < 1.29 is 0 Å². The van der Waals surface area contributed by atoms with Gasteiger partial charge in [0.15, 0.2) is 17.5 Å². The van der Waals surface area contributed by atoms with Gasteiger partial charge >= 0.3 is 0 Å². The van der Waals surface area contributed by atoms with Gasteiger partial charge in [0.05, 0.1) is 19.5 Å². The average Bonchev–Trinajstić information content (AvgIpc) is 3.11. The molecule has 1 aromatic heterocycles. The van der Waals surface area contributed by atoms with E-state index in [-0.39, 0.29) is 17.1 Å². The van der Waals surface area contributed by atoms with Crippen molar-refractivity contribution in [3.05, 3.63) is 169 Å². The van der Waals surface area contributed by atoms with Crippen LogP contribution in [0.25, 0.3) is 28.5 Å². The van der Waals surface area contributed by atoms with E-state index < -0.39 is 8.07 Å². The molecule has 0 bridgehead atoms. The number of allylic oxidation sites excluding steroid dienone is 1. The summed E-state index contributed by atoms with van der Waals surface area (Å²) in [4.78, 5) is 14.3. The third kappa shape index (κ3) is 6.34. The van der Waals surface area contributed by atoms with E-state index >= 15 is 0 Å². The van der Waals surface area contributed by atoms with E-state index in [9.17, 15) is 5.26 Å². The molecule has 0 aliphatic heterocycles. The summed E-state index contributed by atoms with van der Waals surface area (Å²) in [6, 6.07) is 51.6. The number of benzene rings is 5. The molecule has 0 fully saturated rings. The van der Waals surface area contributed by atoms with Gasteiger partial charge < -0.3 is 5.73 Å². The summed E-state index contributed by atoms with van der Waals surface area (Å²) >= 11 is 0. The Labute approximate surface area is 257 Å². The number of nitriles is 1. The van der Waals surface area contributed by atoms with Crippen LogP contribution in [-0.4, -0.2) is 20.7 Å². The second-order valence-corrected chi connectivity index (χ2v) is 11.6. The Morgan fingerprint density at radius 2 is 0.977 bits per heavy atom. The lowest BCUT2D eigenvalue weighted by Gasteiger charge is -2.17. The molecular formula is C37H27N6P. The first-order valence-electron chi connectivity index (χ1n) is 14.0. The van der Waals surface area contributed by atoms with Crippen molar-refractivity contribution in [3.63, 3.8) is 0 Å². The number of nitrogens with zero attached hydrogens (tertiary/aromatic N) is 5. The van der Waals surface area contributed by atoms with Crippen molar-refractivity contribution in [2.75, 3.05) is 0 Å². The summed E-state index contributed by atoms with van der Waals surface area (Å²) in [5.41, 5.74) is 10.1. The summed E-state index contributed by atoms with van der Waals surface area (Å²) in [6.45, 7) is 0. The fourth-order valence-electron chi connectivity index (χ4n) is 4.63. The fraction of sp³-hybridized carbons (Fsp3) is 0. The van der Waals surface area contributed by atoms with Crippen LogP contribution in [0.3, 0.4) is 0 Å². The van der Waals surface area contributed by atoms with Gasteiger partial charge in [-0.05, 0) is 0 Å². The third-order valence-corrected chi connectivity index (χ3v) is 8.78. The lowest BCUT2D eigenvalue weighted by molar-refractivity contribution is 1.03. The molecule has 0 spiro atoms. The SMILES string of the molecule is N#CC(/C(=N\P(c1ccccc1)c1ccccc1)c1ccccc1)=C(/N)c1nc(-c2ccccc2)nc(-c2ccccc2)n1. The van der Waals surface area contributed by atoms with Crippen LogP contribution >= 0.6 is 8.07 Å². The second kappa shape index (κ2) is 13.5. The third-order valence-electron chi connectivity index (χ3n) is 6.81. The van der Waals surface area contributed by atoms with Crippen LogP contribution in [0.1, 0.15) is 11.4 Å². The van der Waals surface area contributed by atoms with Gasteiger partial charge in [-0.3, -0.25) is 0 Å². The minimum absolute atomic E-state index is 0.128. The van der Waals surface area contributed by atoms with Crippen molar-refractivity contribution in [1.82, 2.24) is 15.0 Å². The summed E-state index contributed by atoms with van der Waals surface area (Å²) in [7, 11) is -1.24. The van der Waals surface area contributed by atoms with Crippen LogP contribution in [0.2, 0.25) is 0 Å². The minimum atomic E-state index is -1.24. The monoisotopic (exact) mass is 586 g/mol. The van der Waals surface area contributed by atoms with Crippen molar-refractivity contribution >= 4 is 30.1 Å². The molecule has 1 heterocycles. The van der Waals surface area contributed by atoms with Crippen LogP contribution in [0.4, 0.5) is 0 Å². The maximum atomic E-state index is 10.7. The van der Waals surface area contributed by atoms with E-state index in [4.69, 9.17) is 25.4 Å². The zero-order valence-electron chi connectivity index (χ0n) is 23.7. The molecule has 0 radical (unpaired) electrons. The molecular weight excluding hydrogens is 559 g/mol. The molecule has 0 atom stereocenters. The molecule has 0 saturated heterocycles. The Kier molecular flexibility index (Phi) is 8.69. The van der Waals surface area contributed by atoms with Gasteiger partial charge in [-0.1, -0.05) is 152 Å². The van der Waals surface area contributed by atoms with Gasteiger partial charge in [0.2, 0.25) is 0 Å². The molecule has 0 saturated carbocycles. The van der Waals surface area contributed by atoms with Crippen LogP contribution in [0.5, 0.6) is 0 Å². The minimum Gasteiger partial charge on any atom is -0.395 e. The smallest absolute Gasteiger partial charge is 0.181 e. The summed E-state index contributed by atoms with van der Waals surface area (Å²) in [6.07, 6.45) is 0. The molecule has 44 heavy (non-hydrogen) atoms. The zero-order valence-corrected chi connectivity index (χ0v) is 24.6. The summed E-state index contributed by atoms with van der Waals surface area (Å²) < 4.78 is 5.32. The van der Waals surface area contributed by atoms with Gasteiger partial charge in [-0.25, -0.2) is 19.7 Å². The van der Waals surface area contributed by atoms with E-state index in [1.165, 1.54) is 0 Å². The van der Waals surface area contributed by atoms with Gasteiger partial charge in [-0.2, -0.15) is 5.26 Å². The number of hydrogen-bond acceptors (Lipinski definition) is 6. The molecule has 0 amide bonds. The largest absolute Gasteiger partial charge is 0.395 e. The quantitative estimate of drug-likeness (QED) is 0.118. The van der Waals surface area contributed by atoms with E-state index in [1.54, 1.807) is 0 Å². The molecule has 0 unspecified atom stereocenters. The first-order valence-corrected chi connectivity index (χ1v) is 15.3. The Balaban J connectivity index is 1.59. The van der Waals surface area contributed by atoms with Crippen molar-refractivity contribution in [2.24, 2.45) is 10.5 Å². The number of hydrogen-bond donors (Lipinski definition) is 1. The predicted molar refractivity (Wildman–Crippen MR) is 179 cm³/mol. The summed E-state index contributed by atoms with van der Waals surface area (Å²) in [5, 5.41) is 12.8. The Hall–Kier alpha value is -5.76. The Morgan fingerprint density at radius 3 is 1.41 bits per heavy atom. The van der Waals surface area contributed by atoms with E-state index in [0.717, 1.165) is 27.3 Å². The number of nitrogens with two attached hydrogens (primary N) is 1. The van der Waals surface area contributed by atoms with Gasteiger partial charge in [0.25, 0.3) is 0 Å². The van der Waals surface area contributed by atoms with E-state index in [0.29, 0.717) is 17.4 Å². The molecule has 5 aromatic carbocycles. The Morgan fingerprint density at radius 1 is 0.568 bits per heavy atom. The standard InChI is InChI=1S/C37H27N6P/c38-26-32(33(39)37-41-35(28-18-8-2-9-19-28)40-36(42-37)29-20-10-3-11-21-29)34(27-16-6-1-7-17-27)43-44(30-22-12-4-13-23-30)31-24-14-5-15-25-31/h1-25H,39H2/b33-32-,43-34-. The molecule has 6 rings (SSSR count). The molecule has 7 heteroatoms. The van der Waals surface area contributed by atoms with Crippen LogP contribution < -0.4 is 16.3 Å². The van der Waals surface area contributed by atoms with E-state index in [2.05, 4.69) is 30.3 Å². The highest BCUT2D eigenvalue weighted by molar-refractivity contribution is 7.72. The molecule has 0 aliphatic carbocycles. The fourth-order valence-corrected chi connectivity index (χ4v) is 6.49. The topological polar surface area (TPSA) is 101 Å². The van der Waals surface area contributed by atoms with Gasteiger partial charge in [0.1, 0.15) is 11.6 Å². The maximum Gasteiger partial charge on any atom is 0.181 e. The van der Waals surface area contributed by atoms with Crippen molar-refractivity contribution in [1.29, 1.82) is 5.26 Å². The normalized spacial score (nSPS) is 12.0. The number of rotatable bonds is 8. The van der Waals surface area contributed by atoms with Crippen molar-refractivity contribution in [2.45, 2.75) is 0 Å². The second-order valence-electron chi connectivity index (χ2n) is 9.74. The molecule has 0 aliphatic rings. The Bertz CT molecular complexity index is 1860. The van der Waals surface area contributed by atoms with Crippen LogP contribution in [0, 0.1) is 11.3 Å². The zero-order chi connectivity index (χ0) is 30.1. The lowest BCUT2D eigenvalue weighted by atomic mass is 10.0. The number of aromatic nitrogens is 3. The molecule has 2 N–H and O–H groups in total. The van der Waals surface area contributed by atoms with Crippen LogP contribution in [-0.2, 0) is 0 Å². The van der Waals surface area contributed by atoms with E-state index in [1.807, 2.05) is 127 Å². The summed E-state index contributed by atoms with van der Waals surface area (Å²) in [5.74, 6) is 1.13. The first-order chi connectivity index (χ1) is 21.7.